The van der Waals surface area contributed by atoms with Gasteiger partial charge in [0.1, 0.15) is 0 Å². The van der Waals surface area contributed by atoms with Crippen LogP contribution in [0.25, 0.3) is 11.3 Å². The lowest BCUT2D eigenvalue weighted by molar-refractivity contribution is -0.145. The number of methoxy groups -OCH3 is 2. The standard InChI is InChI=1S/C22H31N3O4S/c1-5-13-30-16-19-17(2)25(23-22(19)18-9-7-6-8-10-18)12-11-24(14-20(26)28-3)15-21(27)29-4/h6-10H,5,11-16H2,1-4H3. The Hall–Kier alpha value is -2.32. The number of aromatic nitrogens is 2. The minimum Gasteiger partial charge on any atom is -0.468 e. The predicted molar refractivity (Wildman–Crippen MR) is 119 cm³/mol. The summed E-state index contributed by atoms with van der Waals surface area (Å²) in [6.07, 6.45) is 1.13. The van der Waals surface area contributed by atoms with E-state index in [0.717, 1.165) is 34.9 Å². The molecule has 0 saturated heterocycles. The molecule has 0 radical (unpaired) electrons. The molecule has 0 aliphatic heterocycles. The van der Waals surface area contributed by atoms with Crippen LogP contribution in [0.15, 0.2) is 30.3 Å². The van der Waals surface area contributed by atoms with Crippen molar-refractivity contribution in [2.24, 2.45) is 0 Å². The van der Waals surface area contributed by atoms with Crippen LogP contribution in [0.2, 0.25) is 0 Å². The first-order valence-corrected chi connectivity index (χ1v) is 11.2. The largest absolute Gasteiger partial charge is 0.468 e. The fraction of sp³-hybridized carbons (Fsp3) is 0.500. The van der Waals surface area contributed by atoms with Gasteiger partial charge in [-0.2, -0.15) is 16.9 Å². The topological polar surface area (TPSA) is 73.7 Å². The Labute approximate surface area is 182 Å². The van der Waals surface area contributed by atoms with Crippen LogP contribution in [-0.4, -0.2) is 66.2 Å². The van der Waals surface area contributed by atoms with Gasteiger partial charge >= 0.3 is 11.9 Å². The van der Waals surface area contributed by atoms with Gasteiger partial charge in [-0.1, -0.05) is 37.3 Å². The summed E-state index contributed by atoms with van der Waals surface area (Å²) in [6.45, 7) is 5.33. The van der Waals surface area contributed by atoms with Crippen molar-refractivity contribution in [3.8, 4) is 11.3 Å². The van der Waals surface area contributed by atoms with E-state index in [1.807, 2.05) is 34.6 Å². The Morgan fingerprint density at radius 2 is 1.73 bits per heavy atom. The van der Waals surface area contributed by atoms with Crippen molar-refractivity contribution in [2.45, 2.75) is 32.6 Å². The maximum absolute atomic E-state index is 11.7. The van der Waals surface area contributed by atoms with Crippen molar-refractivity contribution in [2.75, 3.05) is 39.6 Å². The summed E-state index contributed by atoms with van der Waals surface area (Å²) < 4.78 is 11.5. The van der Waals surface area contributed by atoms with E-state index < -0.39 is 11.9 Å². The average molecular weight is 434 g/mol. The number of hydrogen-bond acceptors (Lipinski definition) is 7. The van der Waals surface area contributed by atoms with E-state index in [0.29, 0.717) is 13.1 Å². The molecule has 0 spiro atoms. The summed E-state index contributed by atoms with van der Waals surface area (Å²) in [5.74, 6) is 1.22. The van der Waals surface area contributed by atoms with E-state index in [2.05, 4.69) is 26.0 Å². The van der Waals surface area contributed by atoms with Gasteiger partial charge in [0.25, 0.3) is 0 Å². The molecule has 0 atom stereocenters. The summed E-state index contributed by atoms with van der Waals surface area (Å²) in [5.41, 5.74) is 4.41. The lowest BCUT2D eigenvalue weighted by Crippen LogP contribution is -2.37. The van der Waals surface area contributed by atoms with Gasteiger partial charge < -0.3 is 9.47 Å². The summed E-state index contributed by atoms with van der Waals surface area (Å²) in [5, 5.41) is 4.87. The zero-order chi connectivity index (χ0) is 21.9. The van der Waals surface area contributed by atoms with E-state index in [9.17, 15) is 9.59 Å². The minimum atomic E-state index is -0.391. The van der Waals surface area contributed by atoms with Gasteiger partial charge in [0, 0.05) is 29.1 Å². The van der Waals surface area contributed by atoms with E-state index >= 15 is 0 Å². The van der Waals surface area contributed by atoms with Crippen molar-refractivity contribution in [3.63, 3.8) is 0 Å². The molecular formula is C22H31N3O4S. The van der Waals surface area contributed by atoms with Crippen molar-refractivity contribution >= 4 is 23.7 Å². The second-order valence-electron chi connectivity index (χ2n) is 6.92. The van der Waals surface area contributed by atoms with E-state index in [-0.39, 0.29) is 13.1 Å². The molecule has 2 aromatic rings. The first-order chi connectivity index (χ1) is 14.5. The summed E-state index contributed by atoms with van der Waals surface area (Å²) >= 11 is 1.90. The molecule has 0 aliphatic carbocycles. The predicted octanol–water partition coefficient (Wildman–Crippen LogP) is 3.15. The quantitative estimate of drug-likeness (QED) is 0.376. The van der Waals surface area contributed by atoms with E-state index in [4.69, 9.17) is 14.6 Å². The molecule has 7 nitrogen and oxygen atoms in total. The van der Waals surface area contributed by atoms with Gasteiger partial charge in [0.15, 0.2) is 0 Å². The van der Waals surface area contributed by atoms with Crippen LogP contribution in [0.4, 0.5) is 0 Å². The molecule has 0 amide bonds. The summed E-state index contributed by atoms with van der Waals surface area (Å²) in [6, 6.07) is 10.2. The molecule has 8 heteroatoms. The normalized spacial score (nSPS) is 11.0. The number of ether oxygens (including phenoxy) is 2. The molecule has 1 heterocycles. The highest BCUT2D eigenvalue weighted by molar-refractivity contribution is 7.98. The Morgan fingerprint density at radius 1 is 1.10 bits per heavy atom. The maximum Gasteiger partial charge on any atom is 0.319 e. The number of thioether (sulfide) groups is 1. The van der Waals surface area contributed by atoms with E-state index in [1.54, 1.807) is 4.90 Å². The molecule has 0 bridgehead atoms. The molecule has 0 aliphatic rings. The smallest absolute Gasteiger partial charge is 0.319 e. The number of rotatable bonds is 12. The van der Waals surface area contributed by atoms with Crippen LogP contribution in [0.1, 0.15) is 24.6 Å². The minimum absolute atomic E-state index is 0.0245. The van der Waals surface area contributed by atoms with E-state index in [1.165, 1.54) is 19.8 Å². The fourth-order valence-corrected chi connectivity index (χ4v) is 4.05. The molecule has 1 aromatic heterocycles. The molecule has 0 N–H and O–H groups in total. The Bertz CT molecular complexity index is 805. The highest BCUT2D eigenvalue weighted by atomic mass is 32.2. The van der Waals surface area contributed by atoms with Gasteiger partial charge in [-0.15, -0.1) is 0 Å². The third kappa shape index (κ3) is 6.88. The Kier molecular flexibility index (Phi) is 9.89. The fourth-order valence-electron chi connectivity index (χ4n) is 3.06. The van der Waals surface area contributed by atoms with Crippen LogP contribution < -0.4 is 0 Å². The maximum atomic E-state index is 11.7. The van der Waals surface area contributed by atoms with Gasteiger partial charge in [0.05, 0.1) is 39.5 Å². The van der Waals surface area contributed by atoms with Gasteiger partial charge in [0.2, 0.25) is 0 Å². The Morgan fingerprint density at radius 3 is 2.30 bits per heavy atom. The lowest BCUT2D eigenvalue weighted by atomic mass is 10.1. The summed E-state index contributed by atoms with van der Waals surface area (Å²) in [7, 11) is 2.67. The third-order valence-corrected chi connectivity index (χ3v) is 5.95. The van der Waals surface area contributed by atoms with Crippen LogP contribution in [-0.2, 0) is 31.4 Å². The zero-order valence-electron chi connectivity index (χ0n) is 18.2. The molecule has 0 fully saturated rings. The second-order valence-corrected chi connectivity index (χ2v) is 8.02. The lowest BCUT2D eigenvalue weighted by Gasteiger charge is -2.20. The van der Waals surface area contributed by atoms with Crippen LogP contribution in [0, 0.1) is 6.92 Å². The van der Waals surface area contributed by atoms with Gasteiger partial charge in [-0.3, -0.25) is 19.2 Å². The molecule has 30 heavy (non-hydrogen) atoms. The number of nitrogens with zero attached hydrogens (tertiary/aromatic N) is 3. The molecule has 2 rings (SSSR count). The van der Waals surface area contributed by atoms with Crippen molar-refractivity contribution in [1.82, 2.24) is 14.7 Å². The number of carbonyl (C=O) groups excluding carboxylic acids is 2. The molecular weight excluding hydrogens is 402 g/mol. The highest BCUT2D eigenvalue weighted by Gasteiger charge is 2.19. The van der Waals surface area contributed by atoms with Gasteiger partial charge in [-0.05, 0) is 19.1 Å². The Balaban J connectivity index is 2.22. The zero-order valence-corrected chi connectivity index (χ0v) is 19.0. The SMILES string of the molecule is CCCSCc1c(-c2ccccc2)nn(CCN(CC(=O)OC)CC(=O)OC)c1C. The van der Waals surface area contributed by atoms with Crippen molar-refractivity contribution in [1.29, 1.82) is 0 Å². The first kappa shape index (κ1) is 24.0. The molecule has 0 unspecified atom stereocenters. The van der Waals surface area contributed by atoms with Crippen LogP contribution >= 0.6 is 11.8 Å². The molecule has 1 aromatic carbocycles. The molecule has 164 valence electrons. The third-order valence-electron chi connectivity index (χ3n) is 4.76. The van der Waals surface area contributed by atoms with Crippen LogP contribution in [0.5, 0.6) is 0 Å². The highest BCUT2D eigenvalue weighted by Crippen LogP contribution is 2.28. The van der Waals surface area contributed by atoms with Gasteiger partial charge in [-0.25, -0.2) is 0 Å². The summed E-state index contributed by atoms with van der Waals surface area (Å²) in [4.78, 5) is 25.2. The second kappa shape index (κ2) is 12.4. The first-order valence-electron chi connectivity index (χ1n) is 10.1. The number of carbonyl (C=O) groups is 2. The van der Waals surface area contributed by atoms with Crippen molar-refractivity contribution in [3.05, 3.63) is 41.6 Å². The monoisotopic (exact) mass is 433 g/mol. The number of esters is 2. The molecule has 0 saturated carbocycles. The number of benzene rings is 1. The average Bonchev–Trinajstić information content (AvgIpc) is 3.08. The number of hydrogen-bond donors (Lipinski definition) is 0. The van der Waals surface area contributed by atoms with Crippen LogP contribution in [0.3, 0.4) is 0 Å². The van der Waals surface area contributed by atoms with Crippen molar-refractivity contribution < 1.29 is 19.1 Å².